The van der Waals surface area contributed by atoms with Crippen LogP contribution in [0.5, 0.6) is 0 Å². The van der Waals surface area contributed by atoms with Crippen molar-refractivity contribution in [3.05, 3.63) is 64.7 Å². The van der Waals surface area contributed by atoms with Crippen molar-refractivity contribution in [2.24, 2.45) is 0 Å². The molecule has 0 aliphatic heterocycles. The van der Waals surface area contributed by atoms with E-state index in [2.05, 4.69) is 44.2 Å². The summed E-state index contributed by atoms with van der Waals surface area (Å²) in [5.41, 5.74) is 4.97. The van der Waals surface area contributed by atoms with Crippen LogP contribution in [0, 0.1) is 13.8 Å². The van der Waals surface area contributed by atoms with Crippen molar-refractivity contribution in [1.29, 1.82) is 0 Å². The average molecular weight is 272 g/mol. The third kappa shape index (κ3) is 4.12. The predicted molar refractivity (Wildman–Crippen MR) is 82.6 cm³/mol. The first-order chi connectivity index (χ1) is 9.04. The average Bonchev–Trinajstić information content (AvgIpc) is 2.36. The second-order valence-corrected chi connectivity index (χ2v) is 6.08. The number of benzene rings is 2. The summed E-state index contributed by atoms with van der Waals surface area (Å²) in [6.07, 6.45) is -0.390. The molecule has 0 fully saturated rings. The molecule has 2 heteroatoms. The molecule has 1 nitrogen and oxygen atoms in total. The molecule has 2 aromatic rings. The zero-order chi connectivity index (χ0) is 13.8. The van der Waals surface area contributed by atoms with Crippen molar-refractivity contribution < 1.29 is 5.11 Å². The van der Waals surface area contributed by atoms with Crippen LogP contribution >= 0.6 is 11.8 Å². The van der Waals surface area contributed by atoms with Gasteiger partial charge in [-0.1, -0.05) is 41.5 Å². The Morgan fingerprint density at radius 1 is 1.00 bits per heavy atom. The number of aliphatic hydroxyl groups is 1. The second kappa shape index (κ2) is 6.27. The molecule has 0 aliphatic rings. The molecule has 1 atom stereocenters. The van der Waals surface area contributed by atoms with Gasteiger partial charge in [0.25, 0.3) is 0 Å². The van der Waals surface area contributed by atoms with Gasteiger partial charge in [0, 0.05) is 10.6 Å². The lowest BCUT2D eigenvalue weighted by atomic mass is 10.1. The fourth-order valence-corrected chi connectivity index (χ4v) is 2.99. The van der Waals surface area contributed by atoms with E-state index >= 15 is 0 Å². The molecule has 100 valence electrons. The normalized spacial score (nSPS) is 12.4. The Kier molecular flexibility index (Phi) is 4.67. The number of hydrogen-bond acceptors (Lipinski definition) is 2. The Hall–Kier alpha value is -1.25. The molecule has 0 saturated carbocycles. The number of hydrogen-bond donors (Lipinski definition) is 1. The minimum atomic E-state index is -0.390. The molecule has 0 heterocycles. The fourth-order valence-electron chi connectivity index (χ4n) is 2.16. The minimum absolute atomic E-state index is 0.390. The van der Waals surface area contributed by atoms with Crippen LogP contribution in [-0.4, -0.2) is 5.11 Å². The summed E-state index contributed by atoms with van der Waals surface area (Å²) < 4.78 is 0. The van der Waals surface area contributed by atoms with Crippen molar-refractivity contribution in [3.63, 3.8) is 0 Å². The first-order valence-corrected chi connectivity index (χ1v) is 7.51. The molecule has 2 aromatic carbocycles. The lowest BCUT2D eigenvalue weighted by Gasteiger charge is -2.07. The number of aliphatic hydroxyl groups excluding tert-OH is 1. The molecule has 0 bridgehead atoms. The largest absolute Gasteiger partial charge is 0.389 e. The number of rotatable bonds is 4. The van der Waals surface area contributed by atoms with Gasteiger partial charge in [-0.2, -0.15) is 0 Å². The lowest BCUT2D eigenvalue weighted by molar-refractivity contribution is 0.199. The first-order valence-electron chi connectivity index (χ1n) is 6.52. The monoisotopic (exact) mass is 272 g/mol. The molecule has 0 aromatic heterocycles. The maximum atomic E-state index is 9.48. The molecular formula is C17H20OS. The van der Waals surface area contributed by atoms with E-state index in [9.17, 15) is 5.11 Å². The molecule has 19 heavy (non-hydrogen) atoms. The minimum Gasteiger partial charge on any atom is -0.389 e. The third-order valence-electron chi connectivity index (χ3n) is 3.05. The van der Waals surface area contributed by atoms with Gasteiger partial charge in [-0.05, 0) is 44.0 Å². The van der Waals surface area contributed by atoms with Gasteiger partial charge in [-0.3, -0.25) is 0 Å². The Labute approximate surface area is 119 Å². The summed E-state index contributed by atoms with van der Waals surface area (Å²) in [6, 6.07) is 14.8. The van der Waals surface area contributed by atoms with Crippen LogP contribution in [0.1, 0.15) is 35.3 Å². The molecule has 0 spiro atoms. The summed E-state index contributed by atoms with van der Waals surface area (Å²) in [4.78, 5) is 1.24. The van der Waals surface area contributed by atoms with Gasteiger partial charge in [-0.25, -0.2) is 0 Å². The van der Waals surface area contributed by atoms with Crippen LogP contribution in [0.3, 0.4) is 0 Å². The molecule has 1 N–H and O–H groups in total. The quantitative estimate of drug-likeness (QED) is 0.818. The standard InChI is InChI=1S/C17H20OS/c1-12-8-13(2)10-15(9-12)11-19-17-6-4-16(5-7-17)14(3)18/h4-10,14,18H,11H2,1-3H3/t14-/m1/s1. The van der Waals surface area contributed by atoms with E-state index in [0.29, 0.717) is 0 Å². The summed E-state index contributed by atoms with van der Waals surface area (Å²) in [5, 5.41) is 9.48. The SMILES string of the molecule is Cc1cc(C)cc(CSc2ccc([C@@H](C)O)cc2)c1. The maximum absolute atomic E-state index is 9.48. The van der Waals surface area contributed by atoms with Crippen molar-refractivity contribution in [1.82, 2.24) is 0 Å². The molecule has 0 saturated heterocycles. The van der Waals surface area contributed by atoms with E-state index in [0.717, 1.165) is 11.3 Å². The van der Waals surface area contributed by atoms with E-state index in [1.54, 1.807) is 6.92 Å². The zero-order valence-corrected chi connectivity index (χ0v) is 12.5. The van der Waals surface area contributed by atoms with Crippen molar-refractivity contribution in [2.75, 3.05) is 0 Å². The Balaban J connectivity index is 2.02. The van der Waals surface area contributed by atoms with Gasteiger partial charge in [0.1, 0.15) is 0 Å². The zero-order valence-electron chi connectivity index (χ0n) is 11.7. The highest BCUT2D eigenvalue weighted by molar-refractivity contribution is 7.98. The van der Waals surface area contributed by atoms with Crippen molar-refractivity contribution >= 4 is 11.8 Å². The summed E-state index contributed by atoms with van der Waals surface area (Å²) in [5.74, 6) is 0.983. The third-order valence-corrected chi connectivity index (χ3v) is 4.13. The summed E-state index contributed by atoms with van der Waals surface area (Å²) >= 11 is 1.83. The maximum Gasteiger partial charge on any atom is 0.0761 e. The van der Waals surface area contributed by atoms with Gasteiger partial charge >= 0.3 is 0 Å². The fraction of sp³-hybridized carbons (Fsp3) is 0.294. The van der Waals surface area contributed by atoms with Crippen LogP contribution in [0.2, 0.25) is 0 Å². The highest BCUT2D eigenvalue weighted by Gasteiger charge is 2.02. The van der Waals surface area contributed by atoms with Gasteiger partial charge in [-0.15, -0.1) is 11.8 Å². The topological polar surface area (TPSA) is 20.2 Å². The van der Waals surface area contributed by atoms with Crippen LogP contribution < -0.4 is 0 Å². The summed E-state index contributed by atoms with van der Waals surface area (Å²) in [7, 11) is 0. The van der Waals surface area contributed by atoms with Crippen molar-refractivity contribution in [3.8, 4) is 0 Å². The van der Waals surface area contributed by atoms with Gasteiger partial charge in [0.05, 0.1) is 6.10 Å². The highest BCUT2D eigenvalue weighted by Crippen LogP contribution is 2.25. The van der Waals surface area contributed by atoms with Crippen LogP contribution in [0.4, 0.5) is 0 Å². The van der Waals surface area contributed by atoms with E-state index < -0.39 is 6.10 Å². The predicted octanol–water partition coefficient (Wildman–Crippen LogP) is 4.65. The number of thioether (sulfide) groups is 1. The molecule has 0 radical (unpaired) electrons. The lowest BCUT2D eigenvalue weighted by Crippen LogP contribution is -1.90. The van der Waals surface area contributed by atoms with Crippen LogP contribution in [0.15, 0.2) is 47.4 Å². The smallest absolute Gasteiger partial charge is 0.0761 e. The molecule has 0 aliphatic carbocycles. The van der Waals surface area contributed by atoms with E-state index in [1.165, 1.54) is 21.6 Å². The first kappa shape index (κ1) is 14.2. The van der Waals surface area contributed by atoms with E-state index in [4.69, 9.17) is 0 Å². The van der Waals surface area contributed by atoms with Crippen LogP contribution in [-0.2, 0) is 5.75 Å². The van der Waals surface area contributed by atoms with Gasteiger partial charge < -0.3 is 5.11 Å². The van der Waals surface area contributed by atoms with E-state index in [1.807, 2.05) is 23.9 Å². The van der Waals surface area contributed by atoms with Crippen molar-refractivity contribution in [2.45, 2.75) is 37.5 Å². The molecular weight excluding hydrogens is 252 g/mol. The van der Waals surface area contributed by atoms with Gasteiger partial charge in [0.15, 0.2) is 0 Å². The van der Waals surface area contributed by atoms with E-state index in [-0.39, 0.29) is 0 Å². The van der Waals surface area contributed by atoms with Crippen LogP contribution in [0.25, 0.3) is 0 Å². The molecule has 0 amide bonds. The summed E-state index contributed by atoms with van der Waals surface area (Å²) in [6.45, 7) is 6.06. The Bertz CT molecular complexity index is 523. The Morgan fingerprint density at radius 2 is 1.58 bits per heavy atom. The highest BCUT2D eigenvalue weighted by atomic mass is 32.2. The number of aryl methyl sites for hydroxylation is 2. The Morgan fingerprint density at radius 3 is 2.11 bits per heavy atom. The van der Waals surface area contributed by atoms with Gasteiger partial charge in [0.2, 0.25) is 0 Å². The second-order valence-electron chi connectivity index (χ2n) is 5.03. The molecule has 0 unspecified atom stereocenters. The molecule has 2 rings (SSSR count).